The second kappa shape index (κ2) is 9.40. The van der Waals surface area contributed by atoms with Crippen LogP contribution < -0.4 is 10.6 Å². The van der Waals surface area contributed by atoms with Crippen molar-refractivity contribution in [3.8, 4) is 16.9 Å². The van der Waals surface area contributed by atoms with Crippen molar-refractivity contribution in [1.82, 2.24) is 0 Å². The number of carbonyl (C=O) groups excluding carboxylic acids is 1. The van der Waals surface area contributed by atoms with Gasteiger partial charge in [0.2, 0.25) is 0 Å². The Labute approximate surface area is 188 Å². The largest absolute Gasteiger partial charge is 0.506 e. The van der Waals surface area contributed by atoms with Crippen molar-refractivity contribution in [3.63, 3.8) is 0 Å². The summed E-state index contributed by atoms with van der Waals surface area (Å²) >= 11 is 0. The summed E-state index contributed by atoms with van der Waals surface area (Å²) < 4.78 is 0. The maximum atomic E-state index is 12.7. The number of phenols is 1. The van der Waals surface area contributed by atoms with Crippen molar-refractivity contribution in [2.24, 2.45) is 0 Å². The van der Waals surface area contributed by atoms with Gasteiger partial charge in [0.1, 0.15) is 5.75 Å². The molecule has 0 aliphatic carbocycles. The number of amides is 1. The van der Waals surface area contributed by atoms with E-state index in [4.69, 9.17) is 0 Å². The van der Waals surface area contributed by atoms with Crippen LogP contribution in [0.1, 0.15) is 27.0 Å². The minimum absolute atomic E-state index is 0.0345. The molecule has 0 aliphatic rings. The Balaban J connectivity index is 1.42. The predicted octanol–water partition coefficient (Wildman–Crippen LogP) is 6.54. The van der Waals surface area contributed by atoms with Crippen LogP contribution in [-0.4, -0.2) is 11.0 Å². The Morgan fingerprint density at radius 3 is 2.25 bits per heavy atom. The van der Waals surface area contributed by atoms with E-state index in [2.05, 4.69) is 42.7 Å². The summed E-state index contributed by atoms with van der Waals surface area (Å²) in [7, 11) is 0. The summed E-state index contributed by atoms with van der Waals surface area (Å²) in [6, 6.07) is 28.8. The molecule has 4 nitrogen and oxygen atoms in total. The van der Waals surface area contributed by atoms with Crippen LogP contribution in [0.5, 0.6) is 5.75 Å². The molecule has 1 amide bonds. The highest BCUT2D eigenvalue weighted by atomic mass is 16.3. The smallest absolute Gasteiger partial charge is 0.255 e. The average molecular weight is 423 g/mol. The molecule has 0 heterocycles. The Hall–Kier alpha value is -4.05. The lowest BCUT2D eigenvalue weighted by atomic mass is 10.0. The molecule has 160 valence electrons. The molecule has 0 fully saturated rings. The highest BCUT2D eigenvalue weighted by Gasteiger charge is 2.11. The first kappa shape index (κ1) is 21.2. The zero-order valence-corrected chi connectivity index (χ0v) is 18.2. The number of carbonyl (C=O) groups is 1. The van der Waals surface area contributed by atoms with Crippen molar-refractivity contribution in [2.45, 2.75) is 20.4 Å². The monoisotopic (exact) mass is 422 g/mol. The number of hydrogen-bond donors (Lipinski definition) is 3. The lowest BCUT2D eigenvalue weighted by Gasteiger charge is -2.11. The molecule has 0 atom stereocenters. The van der Waals surface area contributed by atoms with Crippen LogP contribution in [-0.2, 0) is 6.54 Å². The number of rotatable bonds is 6. The minimum Gasteiger partial charge on any atom is -0.506 e. The van der Waals surface area contributed by atoms with E-state index >= 15 is 0 Å². The summed E-state index contributed by atoms with van der Waals surface area (Å²) in [5.74, 6) is -0.230. The second-order valence-corrected chi connectivity index (χ2v) is 7.90. The first-order valence-electron chi connectivity index (χ1n) is 10.6. The maximum absolute atomic E-state index is 12.7. The second-order valence-electron chi connectivity index (χ2n) is 7.90. The fourth-order valence-electron chi connectivity index (χ4n) is 3.47. The number of aromatic hydroxyl groups is 1. The summed E-state index contributed by atoms with van der Waals surface area (Å²) in [4.78, 5) is 12.7. The van der Waals surface area contributed by atoms with E-state index in [-0.39, 0.29) is 11.7 Å². The van der Waals surface area contributed by atoms with E-state index in [0.29, 0.717) is 17.8 Å². The van der Waals surface area contributed by atoms with E-state index in [9.17, 15) is 9.90 Å². The molecule has 32 heavy (non-hydrogen) atoms. The molecular weight excluding hydrogens is 396 g/mol. The van der Waals surface area contributed by atoms with Crippen LogP contribution in [0.25, 0.3) is 11.1 Å². The molecule has 0 radical (unpaired) electrons. The quantitative estimate of drug-likeness (QED) is 0.309. The average Bonchev–Trinajstić information content (AvgIpc) is 2.82. The molecule has 0 aliphatic heterocycles. The fraction of sp³-hybridized carbons (Fsp3) is 0.107. The van der Waals surface area contributed by atoms with E-state index in [0.717, 1.165) is 22.4 Å². The number of anilines is 2. The van der Waals surface area contributed by atoms with E-state index < -0.39 is 0 Å². The number of phenolic OH excluding ortho intramolecular Hbond substituents is 1. The Kier molecular flexibility index (Phi) is 6.22. The van der Waals surface area contributed by atoms with Crippen LogP contribution in [0.4, 0.5) is 11.4 Å². The lowest BCUT2D eigenvalue weighted by Crippen LogP contribution is -2.12. The first-order valence-corrected chi connectivity index (χ1v) is 10.6. The van der Waals surface area contributed by atoms with Gasteiger partial charge < -0.3 is 15.7 Å². The van der Waals surface area contributed by atoms with Crippen molar-refractivity contribution in [1.29, 1.82) is 0 Å². The van der Waals surface area contributed by atoms with Crippen molar-refractivity contribution in [2.75, 3.05) is 10.6 Å². The molecule has 4 aromatic rings. The zero-order valence-electron chi connectivity index (χ0n) is 18.2. The third-order valence-electron chi connectivity index (χ3n) is 5.57. The van der Waals surface area contributed by atoms with Crippen LogP contribution in [0.3, 0.4) is 0 Å². The molecule has 0 aromatic heterocycles. The highest BCUT2D eigenvalue weighted by molar-refractivity contribution is 6.05. The highest BCUT2D eigenvalue weighted by Crippen LogP contribution is 2.30. The van der Waals surface area contributed by atoms with Crippen LogP contribution in [0.15, 0.2) is 91.0 Å². The molecule has 0 unspecified atom stereocenters. The number of nitrogens with one attached hydrogen (secondary N) is 2. The summed E-state index contributed by atoms with van der Waals surface area (Å²) in [6.07, 6.45) is 0. The van der Waals surface area contributed by atoms with Gasteiger partial charge in [-0.05, 0) is 78.1 Å². The molecule has 4 rings (SSSR count). The SMILES string of the molecule is Cc1ccc(NCc2ccc(C(=O)Nc3cc(-c4ccccc4)ccc3O)cc2)cc1C. The normalized spacial score (nSPS) is 10.6. The maximum Gasteiger partial charge on any atom is 0.255 e. The van der Waals surface area contributed by atoms with E-state index in [1.165, 1.54) is 11.1 Å². The Morgan fingerprint density at radius 1 is 0.781 bits per heavy atom. The molecule has 4 aromatic carbocycles. The minimum atomic E-state index is -0.265. The van der Waals surface area contributed by atoms with Gasteiger partial charge in [0, 0.05) is 17.8 Å². The molecule has 3 N–H and O–H groups in total. The third kappa shape index (κ3) is 4.98. The molecule has 0 bridgehead atoms. The molecule has 4 heteroatoms. The van der Waals surface area contributed by atoms with Gasteiger partial charge in [-0.3, -0.25) is 4.79 Å². The van der Waals surface area contributed by atoms with Gasteiger partial charge in [0.05, 0.1) is 5.69 Å². The molecule has 0 saturated carbocycles. The first-order chi connectivity index (χ1) is 15.5. The number of hydrogen-bond acceptors (Lipinski definition) is 3. The Morgan fingerprint density at radius 2 is 1.53 bits per heavy atom. The predicted molar refractivity (Wildman–Crippen MR) is 131 cm³/mol. The van der Waals surface area contributed by atoms with Gasteiger partial charge in [-0.1, -0.05) is 54.6 Å². The summed E-state index contributed by atoms with van der Waals surface area (Å²) in [5, 5.41) is 16.4. The third-order valence-corrected chi connectivity index (χ3v) is 5.57. The number of aryl methyl sites for hydroxylation is 2. The zero-order chi connectivity index (χ0) is 22.5. The van der Waals surface area contributed by atoms with Crippen LogP contribution in [0.2, 0.25) is 0 Å². The topological polar surface area (TPSA) is 61.4 Å². The van der Waals surface area contributed by atoms with Gasteiger partial charge in [-0.15, -0.1) is 0 Å². The molecular formula is C28H26N2O2. The Bertz CT molecular complexity index is 1230. The van der Waals surface area contributed by atoms with Gasteiger partial charge >= 0.3 is 0 Å². The lowest BCUT2D eigenvalue weighted by molar-refractivity contribution is 0.102. The van der Waals surface area contributed by atoms with Crippen molar-refractivity contribution < 1.29 is 9.90 Å². The van der Waals surface area contributed by atoms with Crippen molar-refractivity contribution in [3.05, 3.63) is 113 Å². The van der Waals surface area contributed by atoms with Crippen LogP contribution in [0, 0.1) is 13.8 Å². The number of benzene rings is 4. The summed E-state index contributed by atoms with van der Waals surface area (Å²) in [6.45, 7) is 4.87. The van der Waals surface area contributed by atoms with Gasteiger partial charge in [-0.2, -0.15) is 0 Å². The molecule has 0 saturated heterocycles. The van der Waals surface area contributed by atoms with Crippen molar-refractivity contribution >= 4 is 17.3 Å². The van der Waals surface area contributed by atoms with E-state index in [1.54, 1.807) is 24.3 Å². The summed E-state index contributed by atoms with van der Waals surface area (Å²) in [5.41, 5.74) is 7.53. The fourth-order valence-corrected chi connectivity index (χ4v) is 3.47. The van der Waals surface area contributed by atoms with Gasteiger partial charge in [0.25, 0.3) is 5.91 Å². The van der Waals surface area contributed by atoms with Gasteiger partial charge in [-0.25, -0.2) is 0 Å². The van der Waals surface area contributed by atoms with Crippen LogP contribution >= 0.6 is 0 Å². The van der Waals surface area contributed by atoms with Gasteiger partial charge in [0.15, 0.2) is 0 Å². The molecule has 0 spiro atoms. The standard InChI is InChI=1S/C28H26N2O2/c1-19-8-14-25(16-20(19)2)29-18-21-9-11-23(12-10-21)28(32)30-26-17-24(13-15-27(26)31)22-6-4-3-5-7-22/h3-17,29,31H,18H2,1-2H3,(H,30,32). The van der Waals surface area contributed by atoms with E-state index in [1.807, 2.05) is 48.5 Å².